The fourth-order valence-corrected chi connectivity index (χ4v) is 2.83. The molecule has 4 rings (SSSR count). The van der Waals surface area contributed by atoms with Crippen molar-refractivity contribution in [3.05, 3.63) is 83.9 Å². The van der Waals surface area contributed by atoms with Crippen molar-refractivity contribution >= 4 is 28.4 Å². The summed E-state index contributed by atoms with van der Waals surface area (Å²) in [6.07, 6.45) is 0. The summed E-state index contributed by atoms with van der Waals surface area (Å²) in [5, 5.41) is 6.79. The second kappa shape index (κ2) is 6.69. The third kappa shape index (κ3) is 3.48. The van der Waals surface area contributed by atoms with Crippen LogP contribution in [-0.4, -0.2) is 9.97 Å². The number of hydrogen-bond acceptors (Lipinski definition) is 3. The molecule has 124 valence electrons. The van der Waals surface area contributed by atoms with E-state index in [0.717, 1.165) is 34.9 Å². The number of para-hydroxylation sites is 2. The van der Waals surface area contributed by atoms with E-state index in [1.54, 1.807) is 0 Å². The molecule has 4 heteroatoms. The van der Waals surface area contributed by atoms with E-state index in [1.807, 2.05) is 30.3 Å². The van der Waals surface area contributed by atoms with Gasteiger partial charge in [-0.3, -0.25) is 0 Å². The minimum atomic E-state index is 0.762. The molecule has 0 bridgehead atoms. The highest BCUT2D eigenvalue weighted by Crippen LogP contribution is 2.22. The Bertz CT molecular complexity index is 989. The Labute approximate surface area is 146 Å². The number of aromatic amines is 1. The molecule has 0 aliphatic rings. The monoisotopic (exact) mass is 328 g/mol. The van der Waals surface area contributed by atoms with Crippen LogP contribution in [-0.2, 0) is 6.54 Å². The van der Waals surface area contributed by atoms with Crippen LogP contribution in [0.3, 0.4) is 0 Å². The van der Waals surface area contributed by atoms with Gasteiger partial charge in [0.25, 0.3) is 0 Å². The number of imidazole rings is 1. The lowest BCUT2D eigenvalue weighted by molar-refractivity contribution is 1.15. The maximum atomic E-state index is 4.62. The summed E-state index contributed by atoms with van der Waals surface area (Å²) in [6, 6.07) is 24.7. The summed E-state index contributed by atoms with van der Waals surface area (Å²) < 4.78 is 0. The number of aromatic nitrogens is 2. The van der Waals surface area contributed by atoms with Crippen molar-refractivity contribution in [1.82, 2.24) is 9.97 Å². The third-order valence-corrected chi connectivity index (χ3v) is 4.21. The first-order chi connectivity index (χ1) is 12.3. The molecule has 0 atom stereocenters. The number of H-pyrrole nitrogens is 1. The summed E-state index contributed by atoms with van der Waals surface area (Å²) in [7, 11) is 0. The van der Waals surface area contributed by atoms with E-state index in [4.69, 9.17) is 0 Å². The van der Waals surface area contributed by atoms with Gasteiger partial charge in [0.1, 0.15) is 0 Å². The van der Waals surface area contributed by atoms with E-state index in [9.17, 15) is 0 Å². The normalized spacial score (nSPS) is 10.8. The number of nitrogens with zero attached hydrogens (tertiary/aromatic N) is 1. The summed E-state index contributed by atoms with van der Waals surface area (Å²) in [4.78, 5) is 7.98. The predicted octanol–water partition coefficient (Wildman–Crippen LogP) is 5.23. The number of benzene rings is 3. The Balaban J connectivity index is 1.52. The number of aryl methyl sites for hydroxylation is 1. The van der Waals surface area contributed by atoms with Gasteiger partial charge >= 0.3 is 0 Å². The standard InChI is InChI=1S/C21H20N4/c1-15-7-5-6-10-18(15)23-21-24-19-12-11-16(13-20(19)25-21)14-22-17-8-3-2-4-9-17/h2-13,22H,14H2,1H3,(H2,23,24,25). The number of anilines is 3. The summed E-state index contributed by atoms with van der Waals surface area (Å²) in [5.41, 5.74) is 6.57. The van der Waals surface area contributed by atoms with Crippen LogP contribution in [0, 0.1) is 6.92 Å². The summed E-state index contributed by atoms with van der Waals surface area (Å²) in [6.45, 7) is 2.86. The van der Waals surface area contributed by atoms with Gasteiger partial charge in [-0.1, -0.05) is 42.5 Å². The fourth-order valence-electron chi connectivity index (χ4n) is 2.83. The van der Waals surface area contributed by atoms with E-state index in [1.165, 1.54) is 11.1 Å². The highest BCUT2D eigenvalue weighted by Gasteiger charge is 2.05. The minimum absolute atomic E-state index is 0.762. The fraction of sp³-hybridized carbons (Fsp3) is 0.0952. The molecule has 0 aliphatic carbocycles. The Morgan fingerprint density at radius 2 is 1.72 bits per heavy atom. The van der Waals surface area contributed by atoms with Crippen molar-refractivity contribution in [2.45, 2.75) is 13.5 Å². The van der Waals surface area contributed by atoms with Crippen molar-refractivity contribution in [2.75, 3.05) is 10.6 Å². The predicted molar refractivity (Wildman–Crippen MR) is 104 cm³/mol. The van der Waals surface area contributed by atoms with Crippen LogP contribution in [0.5, 0.6) is 0 Å². The molecule has 1 heterocycles. The first-order valence-electron chi connectivity index (χ1n) is 8.38. The lowest BCUT2D eigenvalue weighted by Gasteiger charge is -2.06. The quantitative estimate of drug-likeness (QED) is 0.470. The van der Waals surface area contributed by atoms with E-state index in [2.05, 4.69) is 70.0 Å². The molecule has 0 amide bonds. The lowest BCUT2D eigenvalue weighted by Crippen LogP contribution is -1.98. The zero-order valence-electron chi connectivity index (χ0n) is 14.1. The number of nitrogens with one attached hydrogen (secondary N) is 3. The van der Waals surface area contributed by atoms with Gasteiger partial charge in [0.15, 0.2) is 0 Å². The van der Waals surface area contributed by atoms with E-state index < -0.39 is 0 Å². The number of rotatable bonds is 5. The molecule has 25 heavy (non-hydrogen) atoms. The van der Waals surface area contributed by atoms with Gasteiger partial charge < -0.3 is 15.6 Å². The second-order valence-corrected chi connectivity index (χ2v) is 6.10. The molecule has 0 unspecified atom stereocenters. The second-order valence-electron chi connectivity index (χ2n) is 6.10. The van der Waals surface area contributed by atoms with E-state index in [0.29, 0.717) is 0 Å². The van der Waals surface area contributed by atoms with Crippen molar-refractivity contribution in [2.24, 2.45) is 0 Å². The highest BCUT2D eigenvalue weighted by molar-refractivity contribution is 5.79. The molecule has 1 aromatic heterocycles. The maximum Gasteiger partial charge on any atom is 0.205 e. The topological polar surface area (TPSA) is 52.7 Å². The van der Waals surface area contributed by atoms with Crippen LogP contribution in [0.25, 0.3) is 11.0 Å². The van der Waals surface area contributed by atoms with Gasteiger partial charge in [-0.15, -0.1) is 0 Å². The average molecular weight is 328 g/mol. The molecule has 4 nitrogen and oxygen atoms in total. The molecular formula is C21H20N4. The Morgan fingerprint density at radius 3 is 2.56 bits per heavy atom. The van der Waals surface area contributed by atoms with E-state index >= 15 is 0 Å². The van der Waals surface area contributed by atoms with Gasteiger partial charge in [-0.25, -0.2) is 4.98 Å². The first-order valence-corrected chi connectivity index (χ1v) is 8.38. The van der Waals surface area contributed by atoms with Crippen molar-refractivity contribution < 1.29 is 0 Å². The molecule has 0 saturated carbocycles. The average Bonchev–Trinajstić information content (AvgIpc) is 3.04. The molecule has 3 aromatic carbocycles. The van der Waals surface area contributed by atoms with Crippen molar-refractivity contribution in [1.29, 1.82) is 0 Å². The molecule has 0 fully saturated rings. The molecule has 0 saturated heterocycles. The van der Waals surface area contributed by atoms with Crippen LogP contribution in [0.4, 0.5) is 17.3 Å². The molecule has 0 aliphatic heterocycles. The minimum Gasteiger partial charge on any atom is -0.381 e. The molecule has 0 radical (unpaired) electrons. The highest BCUT2D eigenvalue weighted by atomic mass is 15.1. The molecule has 0 spiro atoms. The van der Waals surface area contributed by atoms with Gasteiger partial charge in [-0.05, 0) is 48.4 Å². The van der Waals surface area contributed by atoms with Crippen LogP contribution in [0.1, 0.15) is 11.1 Å². The van der Waals surface area contributed by atoms with Crippen LogP contribution in [0.15, 0.2) is 72.8 Å². The summed E-state index contributed by atoms with van der Waals surface area (Å²) in [5.74, 6) is 0.762. The van der Waals surface area contributed by atoms with Crippen LogP contribution in [0.2, 0.25) is 0 Å². The summed E-state index contributed by atoms with van der Waals surface area (Å²) >= 11 is 0. The van der Waals surface area contributed by atoms with Gasteiger partial charge in [0.2, 0.25) is 5.95 Å². The number of fused-ring (bicyclic) bond motifs is 1. The Morgan fingerprint density at radius 1 is 0.920 bits per heavy atom. The van der Waals surface area contributed by atoms with Crippen LogP contribution >= 0.6 is 0 Å². The zero-order valence-corrected chi connectivity index (χ0v) is 14.1. The smallest absolute Gasteiger partial charge is 0.205 e. The third-order valence-electron chi connectivity index (χ3n) is 4.21. The lowest BCUT2D eigenvalue weighted by atomic mass is 10.2. The maximum absolute atomic E-state index is 4.62. The Hall–Kier alpha value is -3.27. The van der Waals surface area contributed by atoms with E-state index in [-0.39, 0.29) is 0 Å². The van der Waals surface area contributed by atoms with Crippen molar-refractivity contribution in [3.8, 4) is 0 Å². The zero-order chi connectivity index (χ0) is 17.1. The van der Waals surface area contributed by atoms with Gasteiger partial charge in [0, 0.05) is 17.9 Å². The Kier molecular flexibility index (Phi) is 4.09. The molecule has 3 N–H and O–H groups in total. The van der Waals surface area contributed by atoms with Gasteiger partial charge in [-0.2, -0.15) is 0 Å². The first kappa shape index (κ1) is 15.3. The largest absolute Gasteiger partial charge is 0.381 e. The number of hydrogen-bond donors (Lipinski definition) is 3. The van der Waals surface area contributed by atoms with Crippen molar-refractivity contribution in [3.63, 3.8) is 0 Å². The molecular weight excluding hydrogens is 308 g/mol. The van der Waals surface area contributed by atoms with Gasteiger partial charge in [0.05, 0.1) is 11.0 Å². The molecule has 4 aromatic rings. The SMILES string of the molecule is Cc1ccccc1Nc1nc2ccc(CNc3ccccc3)cc2[nH]1. The van der Waals surface area contributed by atoms with Crippen LogP contribution < -0.4 is 10.6 Å².